The fraction of sp³-hybridized carbons (Fsp3) is 1.00. The molecule has 1 aliphatic rings. The second-order valence-corrected chi connectivity index (χ2v) is 6.44. The van der Waals surface area contributed by atoms with E-state index in [0.717, 1.165) is 6.61 Å². The Hall–Kier alpha value is 0.440. The van der Waals surface area contributed by atoms with Crippen molar-refractivity contribution in [1.82, 2.24) is 0 Å². The van der Waals surface area contributed by atoms with Crippen LogP contribution in [0.2, 0.25) is 0 Å². The van der Waals surface area contributed by atoms with E-state index in [1.807, 2.05) is 0 Å². The standard InChI is InChI=1S/C16H31BrO/c17-14-10-7-5-3-1-2-4-6-8-12-16-13-9-11-15-18-16/h16H,1-15H2. The highest BCUT2D eigenvalue weighted by molar-refractivity contribution is 9.09. The fourth-order valence-electron chi connectivity index (χ4n) is 2.74. The molecule has 0 aromatic heterocycles. The van der Waals surface area contributed by atoms with Crippen molar-refractivity contribution in [3.8, 4) is 0 Å². The first-order chi connectivity index (χ1) is 8.93. The van der Waals surface area contributed by atoms with E-state index in [1.54, 1.807) is 0 Å². The molecular weight excluding hydrogens is 288 g/mol. The maximum Gasteiger partial charge on any atom is 0.0575 e. The van der Waals surface area contributed by atoms with Gasteiger partial charge >= 0.3 is 0 Å². The largest absolute Gasteiger partial charge is 0.378 e. The first-order valence-corrected chi connectivity index (χ1v) is 9.23. The minimum Gasteiger partial charge on any atom is -0.378 e. The number of rotatable bonds is 11. The van der Waals surface area contributed by atoms with Crippen molar-refractivity contribution in [3.05, 3.63) is 0 Å². The zero-order chi connectivity index (χ0) is 12.9. The van der Waals surface area contributed by atoms with Crippen LogP contribution in [0.4, 0.5) is 0 Å². The highest BCUT2D eigenvalue weighted by Crippen LogP contribution is 2.19. The molecule has 0 aromatic carbocycles. The third-order valence-corrected chi connectivity index (χ3v) is 4.49. The smallest absolute Gasteiger partial charge is 0.0575 e. The number of hydrogen-bond donors (Lipinski definition) is 0. The molecule has 1 heterocycles. The van der Waals surface area contributed by atoms with Crippen LogP contribution in [0.1, 0.15) is 83.5 Å². The zero-order valence-corrected chi connectivity index (χ0v) is 13.6. The van der Waals surface area contributed by atoms with E-state index in [1.165, 1.54) is 88.8 Å². The lowest BCUT2D eigenvalue weighted by Crippen LogP contribution is -2.18. The van der Waals surface area contributed by atoms with Gasteiger partial charge in [0, 0.05) is 11.9 Å². The molecule has 0 aromatic rings. The summed E-state index contributed by atoms with van der Waals surface area (Å²) in [4.78, 5) is 0. The average molecular weight is 319 g/mol. The SMILES string of the molecule is BrCCCCCCCCCCCC1CCCCO1. The second-order valence-electron chi connectivity index (χ2n) is 5.65. The Balaban J connectivity index is 1.73. The molecule has 1 aliphatic heterocycles. The van der Waals surface area contributed by atoms with Crippen LogP contribution in [0.3, 0.4) is 0 Å². The number of hydrogen-bond acceptors (Lipinski definition) is 1. The molecular formula is C16H31BrO. The van der Waals surface area contributed by atoms with Crippen molar-refractivity contribution < 1.29 is 4.74 Å². The quantitative estimate of drug-likeness (QED) is 0.343. The highest BCUT2D eigenvalue weighted by atomic mass is 79.9. The number of ether oxygens (including phenoxy) is 1. The molecule has 0 bridgehead atoms. The lowest BCUT2D eigenvalue weighted by Gasteiger charge is -2.22. The Bertz CT molecular complexity index is 166. The van der Waals surface area contributed by atoms with Gasteiger partial charge in [-0.05, 0) is 32.1 Å². The van der Waals surface area contributed by atoms with Crippen molar-refractivity contribution in [2.24, 2.45) is 0 Å². The Morgan fingerprint density at radius 3 is 1.94 bits per heavy atom. The van der Waals surface area contributed by atoms with Gasteiger partial charge in [0.1, 0.15) is 0 Å². The van der Waals surface area contributed by atoms with E-state index >= 15 is 0 Å². The molecule has 0 spiro atoms. The van der Waals surface area contributed by atoms with Gasteiger partial charge < -0.3 is 4.74 Å². The van der Waals surface area contributed by atoms with Gasteiger partial charge in [-0.1, -0.05) is 67.3 Å². The van der Waals surface area contributed by atoms with Crippen LogP contribution >= 0.6 is 15.9 Å². The molecule has 2 heteroatoms. The molecule has 0 aliphatic carbocycles. The lowest BCUT2D eigenvalue weighted by molar-refractivity contribution is 0.00977. The van der Waals surface area contributed by atoms with E-state index in [4.69, 9.17) is 4.74 Å². The molecule has 0 N–H and O–H groups in total. The predicted octanol–water partition coefficient (Wildman–Crippen LogP) is 5.85. The maximum absolute atomic E-state index is 5.76. The zero-order valence-electron chi connectivity index (χ0n) is 12.0. The van der Waals surface area contributed by atoms with Crippen molar-refractivity contribution in [2.75, 3.05) is 11.9 Å². The van der Waals surface area contributed by atoms with Crippen LogP contribution in [0.15, 0.2) is 0 Å². The Morgan fingerprint density at radius 1 is 0.778 bits per heavy atom. The van der Waals surface area contributed by atoms with Gasteiger partial charge in [-0.15, -0.1) is 0 Å². The summed E-state index contributed by atoms with van der Waals surface area (Å²) in [5.41, 5.74) is 0. The predicted molar refractivity (Wildman–Crippen MR) is 83.6 cm³/mol. The Labute approximate surface area is 122 Å². The monoisotopic (exact) mass is 318 g/mol. The third kappa shape index (κ3) is 9.38. The highest BCUT2D eigenvalue weighted by Gasteiger charge is 2.12. The molecule has 1 rings (SSSR count). The van der Waals surface area contributed by atoms with Crippen molar-refractivity contribution in [2.45, 2.75) is 89.6 Å². The average Bonchev–Trinajstić information content (AvgIpc) is 2.42. The van der Waals surface area contributed by atoms with Gasteiger partial charge in [-0.25, -0.2) is 0 Å². The summed E-state index contributed by atoms with van der Waals surface area (Å²) in [6.45, 7) is 1.01. The van der Waals surface area contributed by atoms with Gasteiger partial charge in [-0.3, -0.25) is 0 Å². The number of unbranched alkanes of at least 4 members (excludes halogenated alkanes) is 8. The van der Waals surface area contributed by atoms with Crippen molar-refractivity contribution >= 4 is 15.9 Å². The van der Waals surface area contributed by atoms with E-state index in [0.29, 0.717) is 6.10 Å². The summed E-state index contributed by atoms with van der Waals surface area (Å²) in [5.74, 6) is 0. The second kappa shape index (κ2) is 12.5. The molecule has 108 valence electrons. The van der Waals surface area contributed by atoms with E-state index in [9.17, 15) is 0 Å². The molecule has 0 amide bonds. The Morgan fingerprint density at radius 2 is 1.39 bits per heavy atom. The van der Waals surface area contributed by atoms with E-state index < -0.39 is 0 Å². The number of halogens is 1. The number of alkyl halides is 1. The van der Waals surface area contributed by atoms with Gasteiger partial charge in [0.15, 0.2) is 0 Å². The van der Waals surface area contributed by atoms with E-state index in [2.05, 4.69) is 15.9 Å². The van der Waals surface area contributed by atoms with Crippen LogP contribution in [0, 0.1) is 0 Å². The minimum absolute atomic E-state index is 0.600. The first-order valence-electron chi connectivity index (χ1n) is 8.11. The summed E-state index contributed by atoms with van der Waals surface area (Å²) < 4.78 is 5.76. The first kappa shape index (κ1) is 16.5. The lowest BCUT2D eigenvalue weighted by atomic mass is 10.0. The van der Waals surface area contributed by atoms with Crippen LogP contribution in [0.25, 0.3) is 0 Å². The summed E-state index contributed by atoms with van der Waals surface area (Å²) in [6, 6.07) is 0. The van der Waals surface area contributed by atoms with Gasteiger partial charge in [-0.2, -0.15) is 0 Å². The molecule has 1 unspecified atom stereocenters. The van der Waals surface area contributed by atoms with Crippen LogP contribution in [0.5, 0.6) is 0 Å². The van der Waals surface area contributed by atoms with Gasteiger partial charge in [0.05, 0.1) is 6.10 Å². The molecule has 1 fully saturated rings. The van der Waals surface area contributed by atoms with Crippen molar-refractivity contribution in [3.63, 3.8) is 0 Å². The van der Waals surface area contributed by atoms with Crippen LogP contribution < -0.4 is 0 Å². The van der Waals surface area contributed by atoms with Crippen LogP contribution in [-0.4, -0.2) is 18.0 Å². The molecule has 1 saturated heterocycles. The maximum atomic E-state index is 5.76. The molecule has 18 heavy (non-hydrogen) atoms. The van der Waals surface area contributed by atoms with Crippen molar-refractivity contribution in [1.29, 1.82) is 0 Å². The molecule has 1 nitrogen and oxygen atoms in total. The molecule has 0 radical (unpaired) electrons. The summed E-state index contributed by atoms with van der Waals surface area (Å²) in [6.07, 6.45) is 18.7. The topological polar surface area (TPSA) is 9.23 Å². The molecule has 1 atom stereocenters. The van der Waals surface area contributed by atoms with Crippen LogP contribution in [-0.2, 0) is 4.74 Å². The fourth-order valence-corrected chi connectivity index (χ4v) is 3.14. The van der Waals surface area contributed by atoms with E-state index in [-0.39, 0.29) is 0 Å². The normalized spacial score (nSPS) is 20.2. The molecule has 0 saturated carbocycles. The van der Waals surface area contributed by atoms with Gasteiger partial charge in [0.25, 0.3) is 0 Å². The van der Waals surface area contributed by atoms with Gasteiger partial charge in [0.2, 0.25) is 0 Å². The summed E-state index contributed by atoms with van der Waals surface area (Å²) >= 11 is 3.48. The summed E-state index contributed by atoms with van der Waals surface area (Å²) in [5, 5.41) is 1.18. The Kier molecular flexibility index (Phi) is 11.4. The minimum atomic E-state index is 0.600. The third-order valence-electron chi connectivity index (χ3n) is 3.93. The summed E-state index contributed by atoms with van der Waals surface area (Å²) in [7, 11) is 0.